The predicted molar refractivity (Wildman–Crippen MR) is 109 cm³/mol. The van der Waals surface area contributed by atoms with Crippen molar-refractivity contribution >= 4 is 39.1 Å². The minimum atomic E-state index is -3.72. The molecule has 2 aromatic carbocycles. The Balaban J connectivity index is 2.31. The Kier molecular flexibility index (Phi) is 6.92. The van der Waals surface area contributed by atoms with Gasteiger partial charge in [0.15, 0.2) is 0 Å². The third kappa shape index (κ3) is 5.02. The first kappa shape index (κ1) is 21.7. The number of hydrogen-bond donors (Lipinski definition) is 1. The summed E-state index contributed by atoms with van der Waals surface area (Å²) >= 11 is 12.1. The van der Waals surface area contributed by atoms with E-state index in [4.69, 9.17) is 23.2 Å². The zero-order chi connectivity index (χ0) is 20.4. The number of rotatable bonds is 6. The first-order chi connectivity index (χ1) is 12.5. The molecule has 0 heterocycles. The van der Waals surface area contributed by atoms with Gasteiger partial charge in [-0.2, -0.15) is 4.31 Å². The fourth-order valence-corrected chi connectivity index (χ4v) is 4.21. The summed E-state index contributed by atoms with van der Waals surface area (Å²) < 4.78 is 26.6. The Morgan fingerprint density at radius 1 is 1.07 bits per heavy atom. The number of nitrogens with one attached hydrogen (secondary N) is 1. The third-order valence-corrected chi connectivity index (χ3v) is 6.88. The van der Waals surface area contributed by atoms with Crippen molar-refractivity contribution in [3.8, 4) is 0 Å². The van der Waals surface area contributed by atoms with Gasteiger partial charge in [0.2, 0.25) is 10.0 Å². The van der Waals surface area contributed by atoms with E-state index in [2.05, 4.69) is 5.32 Å². The van der Waals surface area contributed by atoms with Crippen LogP contribution in [-0.2, 0) is 10.0 Å². The summed E-state index contributed by atoms with van der Waals surface area (Å²) in [6.45, 7) is 5.35. The molecule has 1 amide bonds. The third-order valence-electron chi connectivity index (χ3n) is 4.28. The van der Waals surface area contributed by atoms with Crippen LogP contribution < -0.4 is 5.32 Å². The molecule has 2 rings (SSSR count). The van der Waals surface area contributed by atoms with Crippen LogP contribution in [0.2, 0.25) is 10.0 Å². The van der Waals surface area contributed by atoms with E-state index in [0.29, 0.717) is 5.02 Å². The summed E-state index contributed by atoms with van der Waals surface area (Å²) in [7, 11) is -2.22. The van der Waals surface area contributed by atoms with Crippen molar-refractivity contribution in [1.82, 2.24) is 9.62 Å². The van der Waals surface area contributed by atoms with Gasteiger partial charge in [-0.05, 0) is 56.7 Å². The van der Waals surface area contributed by atoms with Crippen LogP contribution in [0.25, 0.3) is 0 Å². The van der Waals surface area contributed by atoms with Crippen LogP contribution in [-0.4, -0.2) is 31.7 Å². The molecule has 146 valence electrons. The highest BCUT2D eigenvalue weighted by atomic mass is 35.5. The van der Waals surface area contributed by atoms with Crippen molar-refractivity contribution in [3.63, 3.8) is 0 Å². The molecule has 0 bridgehead atoms. The highest BCUT2D eigenvalue weighted by Gasteiger charge is 2.25. The van der Waals surface area contributed by atoms with Crippen molar-refractivity contribution in [2.24, 2.45) is 0 Å². The van der Waals surface area contributed by atoms with Crippen LogP contribution in [0.5, 0.6) is 0 Å². The molecule has 0 saturated heterocycles. The maximum Gasteiger partial charge on any atom is 0.253 e. The lowest BCUT2D eigenvalue weighted by molar-refractivity contribution is 0.0940. The van der Waals surface area contributed by atoms with Crippen LogP contribution in [0.4, 0.5) is 0 Å². The van der Waals surface area contributed by atoms with Gasteiger partial charge in [-0.25, -0.2) is 8.42 Å². The predicted octanol–water partition coefficient (Wildman–Crippen LogP) is 4.51. The fraction of sp³-hybridized carbons (Fsp3) is 0.316. The van der Waals surface area contributed by atoms with Crippen LogP contribution >= 0.6 is 23.2 Å². The highest BCUT2D eigenvalue weighted by Crippen LogP contribution is 2.25. The van der Waals surface area contributed by atoms with Gasteiger partial charge in [-0.3, -0.25) is 4.79 Å². The summed E-state index contributed by atoms with van der Waals surface area (Å²) in [5, 5.41) is 3.56. The molecule has 1 N–H and O–H groups in total. The lowest BCUT2D eigenvalue weighted by atomic mass is 10.1. The molecule has 0 aromatic heterocycles. The molecular formula is C19H22Cl2N2O3S. The quantitative estimate of drug-likeness (QED) is 0.735. The molecule has 0 aliphatic carbocycles. The maximum atomic E-state index is 12.7. The molecule has 0 radical (unpaired) electrons. The average Bonchev–Trinajstić information content (AvgIpc) is 2.60. The van der Waals surface area contributed by atoms with Crippen LogP contribution in [0.1, 0.15) is 42.7 Å². The number of sulfonamides is 1. The summed E-state index contributed by atoms with van der Waals surface area (Å²) in [4.78, 5) is 12.7. The topological polar surface area (TPSA) is 66.5 Å². The van der Waals surface area contributed by atoms with Gasteiger partial charge in [-0.15, -0.1) is 0 Å². The molecule has 0 spiro atoms. The number of amides is 1. The minimum Gasteiger partial charge on any atom is -0.345 e. The summed E-state index contributed by atoms with van der Waals surface area (Å²) in [5.41, 5.74) is 0.930. The summed E-state index contributed by atoms with van der Waals surface area (Å²) in [5.74, 6) is -0.461. The van der Waals surface area contributed by atoms with Crippen LogP contribution in [0, 0.1) is 0 Å². The molecule has 5 nitrogen and oxygen atoms in total. The minimum absolute atomic E-state index is 0.0173. The highest BCUT2D eigenvalue weighted by molar-refractivity contribution is 7.89. The number of hydrogen-bond acceptors (Lipinski definition) is 3. The van der Waals surface area contributed by atoms with Gasteiger partial charge in [0.1, 0.15) is 0 Å². The molecule has 0 saturated carbocycles. The van der Waals surface area contributed by atoms with Gasteiger partial charge in [0, 0.05) is 18.1 Å². The Morgan fingerprint density at radius 3 is 2.33 bits per heavy atom. The van der Waals surface area contributed by atoms with Crippen LogP contribution in [0.15, 0.2) is 47.4 Å². The van der Waals surface area contributed by atoms with E-state index in [-0.39, 0.29) is 27.6 Å². The lowest BCUT2D eigenvalue weighted by Crippen LogP contribution is -2.33. The fourth-order valence-electron chi connectivity index (χ4n) is 2.42. The standard InChI is InChI=1S/C19H22Cl2N2O3S/c1-12(2)23(4)27(25,26)16-8-9-18(21)17(11-16)19(24)22-13(3)14-6-5-7-15(20)10-14/h5-13H,1-4H3,(H,22,24). The number of nitrogens with zero attached hydrogens (tertiary/aromatic N) is 1. The SMILES string of the molecule is CC(NC(=O)c1cc(S(=O)(=O)N(C)C(C)C)ccc1Cl)c1cccc(Cl)c1. The average molecular weight is 429 g/mol. The summed E-state index contributed by atoms with van der Waals surface area (Å²) in [6, 6.07) is 10.7. The summed E-state index contributed by atoms with van der Waals surface area (Å²) in [6.07, 6.45) is 0. The van der Waals surface area contributed by atoms with Crippen molar-refractivity contribution < 1.29 is 13.2 Å². The molecule has 0 aliphatic rings. The van der Waals surface area contributed by atoms with E-state index in [9.17, 15) is 13.2 Å². The second-order valence-corrected chi connectivity index (χ2v) is 9.35. The number of benzene rings is 2. The normalized spacial score (nSPS) is 13.0. The van der Waals surface area contributed by atoms with E-state index in [0.717, 1.165) is 5.56 Å². The van der Waals surface area contributed by atoms with E-state index in [1.807, 2.05) is 13.0 Å². The van der Waals surface area contributed by atoms with Gasteiger partial charge in [0.25, 0.3) is 5.91 Å². The van der Waals surface area contributed by atoms with Crippen molar-refractivity contribution in [2.45, 2.75) is 37.8 Å². The van der Waals surface area contributed by atoms with Crippen molar-refractivity contribution in [2.75, 3.05) is 7.05 Å². The van der Waals surface area contributed by atoms with E-state index in [1.165, 1.54) is 29.6 Å². The van der Waals surface area contributed by atoms with Gasteiger partial charge < -0.3 is 5.32 Å². The Hall–Kier alpha value is -1.60. The van der Waals surface area contributed by atoms with Crippen molar-refractivity contribution in [1.29, 1.82) is 0 Å². The smallest absolute Gasteiger partial charge is 0.253 e. The van der Waals surface area contributed by atoms with Crippen molar-refractivity contribution in [3.05, 3.63) is 63.6 Å². The Labute approximate surface area is 170 Å². The monoisotopic (exact) mass is 428 g/mol. The molecule has 0 aliphatic heterocycles. The van der Waals surface area contributed by atoms with Gasteiger partial charge in [-0.1, -0.05) is 35.3 Å². The van der Waals surface area contributed by atoms with Gasteiger partial charge in [0.05, 0.1) is 21.5 Å². The maximum absolute atomic E-state index is 12.7. The number of carbonyl (C=O) groups is 1. The Bertz CT molecular complexity index is 946. The zero-order valence-corrected chi connectivity index (χ0v) is 17.9. The molecule has 1 unspecified atom stereocenters. The largest absolute Gasteiger partial charge is 0.345 e. The molecular weight excluding hydrogens is 407 g/mol. The lowest BCUT2D eigenvalue weighted by Gasteiger charge is -2.21. The number of halogens is 2. The van der Waals surface area contributed by atoms with E-state index >= 15 is 0 Å². The van der Waals surface area contributed by atoms with Gasteiger partial charge >= 0.3 is 0 Å². The molecule has 0 fully saturated rings. The first-order valence-electron chi connectivity index (χ1n) is 8.38. The Morgan fingerprint density at radius 2 is 1.74 bits per heavy atom. The molecule has 27 heavy (non-hydrogen) atoms. The second kappa shape index (κ2) is 8.61. The molecule has 1 atom stereocenters. The molecule has 8 heteroatoms. The first-order valence-corrected chi connectivity index (χ1v) is 10.6. The van der Waals surface area contributed by atoms with Crippen LogP contribution in [0.3, 0.4) is 0 Å². The van der Waals surface area contributed by atoms with E-state index < -0.39 is 15.9 Å². The number of carbonyl (C=O) groups excluding carboxylic acids is 1. The zero-order valence-electron chi connectivity index (χ0n) is 15.5. The molecule has 2 aromatic rings. The van der Waals surface area contributed by atoms with E-state index in [1.54, 1.807) is 32.0 Å². The second-order valence-electron chi connectivity index (χ2n) is 6.51.